The van der Waals surface area contributed by atoms with Gasteiger partial charge in [0.05, 0.1) is 0 Å². The highest BCUT2D eigenvalue weighted by molar-refractivity contribution is 5.18. The van der Waals surface area contributed by atoms with Gasteiger partial charge >= 0.3 is 0 Å². The second kappa shape index (κ2) is 9.16. The molecule has 0 bridgehead atoms. The van der Waals surface area contributed by atoms with E-state index in [0.29, 0.717) is 0 Å². The van der Waals surface area contributed by atoms with Crippen molar-refractivity contribution in [2.45, 2.75) is 25.6 Å². The maximum absolute atomic E-state index is 6.47. The molecule has 0 saturated carbocycles. The Morgan fingerprint density at radius 3 is 1.44 bits per heavy atom. The van der Waals surface area contributed by atoms with Crippen LogP contribution in [0.25, 0.3) is 0 Å². The van der Waals surface area contributed by atoms with E-state index in [1.165, 1.54) is 16.7 Å². The van der Waals surface area contributed by atoms with Gasteiger partial charge in [-0.1, -0.05) is 91.0 Å². The van der Waals surface area contributed by atoms with Crippen molar-refractivity contribution < 1.29 is 0 Å². The fourth-order valence-electron chi connectivity index (χ4n) is 3.18. The van der Waals surface area contributed by atoms with Gasteiger partial charge in [-0.15, -0.1) is 0 Å². The number of rotatable bonds is 8. The molecule has 0 radical (unpaired) electrons. The summed E-state index contributed by atoms with van der Waals surface area (Å²) in [5.74, 6) is 0. The Labute approximate surface area is 150 Å². The summed E-state index contributed by atoms with van der Waals surface area (Å²) in [6.07, 6.45) is 0.904. The molecule has 2 N–H and O–H groups in total. The van der Waals surface area contributed by atoms with E-state index in [0.717, 1.165) is 26.1 Å². The minimum atomic E-state index is 0.120. The molecule has 0 heterocycles. The first-order chi connectivity index (χ1) is 12.3. The van der Waals surface area contributed by atoms with E-state index in [2.05, 4.69) is 89.8 Å². The van der Waals surface area contributed by atoms with Crippen molar-refractivity contribution in [1.82, 2.24) is 4.90 Å². The lowest BCUT2D eigenvalue weighted by atomic mass is 10.1. The van der Waals surface area contributed by atoms with Crippen molar-refractivity contribution in [1.29, 1.82) is 0 Å². The van der Waals surface area contributed by atoms with E-state index in [1.54, 1.807) is 0 Å². The van der Waals surface area contributed by atoms with E-state index in [4.69, 9.17) is 5.73 Å². The Balaban J connectivity index is 1.66. The lowest BCUT2D eigenvalue weighted by molar-refractivity contribution is 0.239. The van der Waals surface area contributed by atoms with E-state index in [9.17, 15) is 0 Å². The third-order valence-electron chi connectivity index (χ3n) is 4.33. The monoisotopic (exact) mass is 330 g/mol. The number of benzene rings is 3. The van der Waals surface area contributed by atoms with Gasteiger partial charge in [-0.2, -0.15) is 0 Å². The van der Waals surface area contributed by atoms with Crippen molar-refractivity contribution in [2.75, 3.05) is 6.54 Å². The Hall–Kier alpha value is -2.42. The van der Waals surface area contributed by atoms with Crippen molar-refractivity contribution in [3.63, 3.8) is 0 Å². The largest absolute Gasteiger partial charge is 0.326 e. The first-order valence-electron chi connectivity index (χ1n) is 8.89. The van der Waals surface area contributed by atoms with Crippen LogP contribution in [0.15, 0.2) is 91.0 Å². The first-order valence-corrected chi connectivity index (χ1v) is 8.89. The van der Waals surface area contributed by atoms with Gasteiger partial charge in [0.15, 0.2) is 0 Å². The molecule has 0 fully saturated rings. The second-order valence-electron chi connectivity index (χ2n) is 6.59. The van der Waals surface area contributed by atoms with Crippen LogP contribution in [0, 0.1) is 0 Å². The van der Waals surface area contributed by atoms with Crippen LogP contribution < -0.4 is 5.73 Å². The zero-order valence-electron chi connectivity index (χ0n) is 14.6. The predicted octanol–water partition coefficient (Wildman–Crippen LogP) is 4.26. The third-order valence-corrected chi connectivity index (χ3v) is 4.33. The molecule has 3 rings (SSSR count). The Morgan fingerprint density at radius 1 is 0.600 bits per heavy atom. The predicted molar refractivity (Wildman–Crippen MR) is 105 cm³/mol. The summed E-state index contributed by atoms with van der Waals surface area (Å²) in [4.78, 5) is 2.44. The zero-order chi connectivity index (χ0) is 17.3. The number of hydrogen-bond donors (Lipinski definition) is 1. The van der Waals surface area contributed by atoms with Crippen LogP contribution in [-0.2, 0) is 19.5 Å². The highest BCUT2D eigenvalue weighted by Crippen LogP contribution is 2.12. The van der Waals surface area contributed by atoms with Gasteiger partial charge < -0.3 is 5.73 Å². The van der Waals surface area contributed by atoms with Crippen molar-refractivity contribution >= 4 is 0 Å². The highest BCUT2D eigenvalue weighted by Gasteiger charge is 2.12. The standard InChI is InChI=1S/C23H26N2/c24-23(16-20-10-4-1-5-11-20)19-25(17-21-12-6-2-7-13-21)18-22-14-8-3-9-15-22/h1-15,23H,16-19,24H2/t23-/m0/s1. The number of nitrogens with zero attached hydrogens (tertiary/aromatic N) is 1. The zero-order valence-corrected chi connectivity index (χ0v) is 14.6. The Kier molecular flexibility index (Phi) is 6.38. The fourth-order valence-corrected chi connectivity index (χ4v) is 3.18. The topological polar surface area (TPSA) is 29.3 Å². The molecule has 0 amide bonds. The van der Waals surface area contributed by atoms with Gasteiger partial charge in [0.25, 0.3) is 0 Å². The van der Waals surface area contributed by atoms with Crippen LogP contribution >= 0.6 is 0 Å². The van der Waals surface area contributed by atoms with Gasteiger partial charge in [0, 0.05) is 25.7 Å². The Bertz CT molecular complexity index is 684. The molecule has 0 aliphatic heterocycles. The summed E-state index contributed by atoms with van der Waals surface area (Å²) in [5.41, 5.74) is 10.4. The van der Waals surface area contributed by atoms with Crippen molar-refractivity contribution in [3.8, 4) is 0 Å². The normalized spacial score (nSPS) is 12.2. The van der Waals surface area contributed by atoms with Crippen molar-refractivity contribution in [2.24, 2.45) is 5.73 Å². The summed E-state index contributed by atoms with van der Waals surface area (Å²) in [6, 6.07) is 31.9. The van der Waals surface area contributed by atoms with Crippen LogP contribution in [0.3, 0.4) is 0 Å². The van der Waals surface area contributed by atoms with Gasteiger partial charge in [-0.3, -0.25) is 4.90 Å². The molecule has 2 heteroatoms. The lowest BCUT2D eigenvalue weighted by Gasteiger charge is -2.26. The molecule has 0 unspecified atom stereocenters. The van der Waals surface area contributed by atoms with Crippen LogP contribution in [0.5, 0.6) is 0 Å². The molecule has 0 aliphatic carbocycles. The average molecular weight is 330 g/mol. The maximum Gasteiger partial charge on any atom is 0.0237 e. The minimum absolute atomic E-state index is 0.120. The molecular weight excluding hydrogens is 304 g/mol. The van der Waals surface area contributed by atoms with Gasteiger partial charge in [-0.25, -0.2) is 0 Å². The summed E-state index contributed by atoms with van der Waals surface area (Å²) in [6.45, 7) is 2.70. The third kappa shape index (κ3) is 5.86. The second-order valence-corrected chi connectivity index (χ2v) is 6.59. The fraction of sp³-hybridized carbons (Fsp3) is 0.217. The molecular formula is C23H26N2. The van der Waals surface area contributed by atoms with Crippen LogP contribution in [0.1, 0.15) is 16.7 Å². The lowest BCUT2D eigenvalue weighted by Crippen LogP contribution is -2.38. The Morgan fingerprint density at radius 2 is 1.00 bits per heavy atom. The molecule has 0 saturated heterocycles. The van der Waals surface area contributed by atoms with E-state index < -0.39 is 0 Å². The molecule has 3 aromatic rings. The summed E-state index contributed by atoms with van der Waals surface area (Å²) >= 11 is 0. The quantitative estimate of drug-likeness (QED) is 0.669. The number of nitrogens with two attached hydrogens (primary N) is 1. The molecule has 0 aliphatic rings. The van der Waals surface area contributed by atoms with Gasteiger partial charge in [0.2, 0.25) is 0 Å². The van der Waals surface area contributed by atoms with Crippen LogP contribution in [0.4, 0.5) is 0 Å². The van der Waals surface area contributed by atoms with E-state index in [1.807, 2.05) is 6.07 Å². The summed E-state index contributed by atoms with van der Waals surface area (Å²) in [5, 5.41) is 0. The molecule has 1 atom stereocenters. The van der Waals surface area contributed by atoms with Crippen LogP contribution in [-0.4, -0.2) is 17.5 Å². The molecule has 25 heavy (non-hydrogen) atoms. The maximum atomic E-state index is 6.47. The molecule has 0 spiro atoms. The van der Waals surface area contributed by atoms with E-state index >= 15 is 0 Å². The summed E-state index contributed by atoms with van der Waals surface area (Å²) in [7, 11) is 0. The summed E-state index contributed by atoms with van der Waals surface area (Å²) < 4.78 is 0. The number of hydrogen-bond acceptors (Lipinski definition) is 2. The minimum Gasteiger partial charge on any atom is -0.326 e. The smallest absolute Gasteiger partial charge is 0.0237 e. The molecule has 128 valence electrons. The first kappa shape index (κ1) is 17.4. The van der Waals surface area contributed by atoms with Gasteiger partial charge in [-0.05, 0) is 23.1 Å². The average Bonchev–Trinajstić information content (AvgIpc) is 2.64. The van der Waals surface area contributed by atoms with Crippen molar-refractivity contribution in [3.05, 3.63) is 108 Å². The van der Waals surface area contributed by atoms with Crippen LogP contribution in [0.2, 0.25) is 0 Å². The van der Waals surface area contributed by atoms with Gasteiger partial charge in [0.1, 0.15) is 0 Å². The molecule has 0 aromatic heterocycles. The molecule has 2 nitrogen and oxygen atoms in total. The van der Waals surface area contributed by atoms with E-state index in [-0.39, 0.29) is 6.04 Å². The highest BCUT2D eigenvalue weighted by atomic mass is 15.1. The molecule has 3 aromatic carbocycles. The SMILES string of the molecule is N[C@@H](Cc1ccccc1)CN(Cc1ccccc1)Cc1ccccc1.